The van der Waals surface area contributed by atoms with Crippen LogP contribution >= 0.6 is 0 Å². The van der Waals surface area contributed by atoms with E-state index in [4.69, 9.17) is 9.84 Å². The second-order valence-corrected chi connectivity index (χ2v) is 4.34. The summed E-state index contributed by atoms with van der Waals surface area (Å²) < 4.78 is 5.09. The lowest BCUT2D eigenvalue weighted by Gasteiger charge is -2.23. The zero-order valence-corrected chi connectivity index (χ0v) is 11.2. The Bertz CT molecular complexity index is 375. The van der Waals surface area contributed by atoms with Crippen molar-refractivity contribution in [1.29, 1.82) is 0 Å². The molecule has 0 spiro atoms. The molecule has 0 bridgehead atoms. The van der Waals surface area contributed by atoms with Gasteiger partial charge in [-0.3, -0.25) is 9.69 Å². The molecule has 0 aliphatic heterocycles. The van der Waals surface area contributed by atoms with Gasteiger partial charge in [0.25, 0.3) is 0 Å². The molecule has 18 heavy (non-hydrogen) atoms. The van der Waals surface area contributed by atoms with Crippen molar-refractivity contribution >= 4 is 5.97 Å². The van der Waals surface area contributed by atoms with Gasteiger partial charge < -0.3 is 9.84 Å². The van der Waals surface area contributed by atoms with E-state index in [-0.39, 0.29) is 0 Å². The van der Waals surface area contributed by atoms with Crippen molar-refractivity contribution in [1.82, 2.24) is 4.90 Å². The molecule has 4 nitrogen and oxygen atoms in total. The largest absolute Gasteiger partial charge is 0.497 e. The minimum Gasteiger partial charge on any atom is -0.497 e. The molecule has 100 valence electrons. The molecule has 1 aromatic rings. The second kappa shape index (κ2) is 7.01. The predicted molar refractivity (Wildman–Crippen MR) is 71.0 cm³/mol. The number of hydrogen-bond donors (Lipinski definition) is 1. The fourth-order valence-electron chi connectivity index (χ4n) is 1.93. The minimum absolute atomic E-state index is 0.400. The van der Waals surface area contributed by atoms with Crippen molar-refractivity contribution in [3.05, 3.63) is 29.8 Å². The maximum absolute atomic E-state index is 11.0. The first-order chi connectivity index (χ1) is 8.58. The molecule has 1 rings (SSSR count). The molecule has 0 fully saturated rings. The monoisotopic (exact) mass is 251 g/mol. The molecule has 0 amide bonds. The summed E-state index contributed by atoms with van der Waals surface area (Å²) in [4.78, 5) is 12.9. The maximum Gasteiger partial charge on any atom is 0.320 e. The Morgan fingerprint density at radius 3 is 2.44 bits per heavy atom. The minimum atomic E-state index is -0.755. The van der Waals surface area contributed by atoms with Gasteiger partial charge in [-0.15, -0.1) is 0 Å². The molecule has 1 atom stereocenters. The summed E-state index contributed by atoms with van der Waals surface area (Å²) in [5.74, 6) is 0.0822. The van der Waals surface area contributed by atoms with E-state index in [0.717, 1.165) is 18.7 Å². The van der Waals surface area contributed by atoms with Gasteiger partial charge in [0.15, 0.2) is 0 Å². The first kappa shape index (κ1) is 14.5. The molecule has 1 aromatic carbocycles. The van der Waals surface area contributed by atoms with E-state index in [9.17, 15) is 4.79 Å². The summed E-state index contributed by atoms with van der Waals surface area (Å²) >= 11 is 0. The molecular weight excluding hydrogens is 230 g/mol. The van der Waals surface area contributed by atoms with Crippen LogP contribution in [-0.2, 0) is 11.2 Å². The smallest absolute Gasteiger partial charge is 0.320 e. The van der Waals surface area contributed by atoms with E-state index in [1.807, 2.05) is 43.1 Å². The first-order valence-electron chi connectivity index (χ1n) is 6.14. The van der Waals surface area contributed by atoms with E-state index >= 15 is 0 Å². The van der Waals surface area contributed by atoms with Gasteiger partial charge in [-0.05, 0) is 37.6 Å². The van der Waals surface area contributed by atoms with Crippen molar-refractivity contribution < 1.29 is 14.6 Å². The molecule has 0 heterocycles. The van der Waals surface area contributed by atoms with Crippen LogP contribution in [0.4, 0.5) is 0 Å². The highest BCUT2D eigenvalue weighted by Crippen LogP contribution is 2.12. The van der Waals surface area contributed by atoms with E-state index in [1.54, 1.807) is 7.11 Å². The predicted octanol–water partition coefficient (Wildman–Crippen LogP) is 2.03. The van der Waals surface area contributed by atoms with Gasteiger partial charge in [0.1, 0.15) is 11.8 Å². The normalized spacial score (nSPS) is 12.4. The van der Waals surface area contributed by atoms with Crippen LogP contribution in [0.3, 0.4) is 0 Å². The van der Waals surface area contributed by atoms with Gasteiger partial charge in [-0.2, -0.15) is 0 Å². The average Bonchev–Trinajstić information content (AvgIpc) is 2.37. The second-order valence-electron chi connectivity index (χ2n) is 4.34. The molecule has 4 heteroatoms. The first-order valence-corrected chi connectivity index (χ1v) is 6.14. The fourth-order valence-corrected chi connectivity index (χ4v) is 1.93. The third-order valence-corrected chi connectivity index (χ3v) is 3.12. The van der Waals surface area contributed by atoms with Crippen molar-refractivity contribution in [3.63, 3.8) is 0 Å². The number of nitrogens with zero attached hydrogens (tertiary/aromatic N) is 1. The molecule has 0 saturated carbocycles. The number of likely N-dealkylation sites (N-methyl/N-ethyl adjacent to an activating group) is 1. The Balaban J connectivity index is 2.50. The van der Waals surface area contributed by atoms with E-state index in [1.165, 1.54) is 5.56 Å². The summed E-state index contributed by atoms with van der Waals surface area (Å²) in [6, 6.07) is 7.46. The number of ether oxygens (including phenoxy) is 1. The summed E-state index contributed by atoms with van der Waals surface area (Å²) in [7, 11) is 3.49. The Hall–Kier alpha value is -1.55. The van der Waals surface area contributed by atoms with E-state index in [0.29, 0.717) is 6.42 Å². The molecular formula is C14H21NO3. The Morgan fingerprint density at radius 2 is 2.00 bits per heavy atom. The van der Waals surface area contributed by atoms with Crippen LogP contribution < -0.4 is 4.74 Å². The third kappa shape index (κ3) is 4.04. The number of benzene rings is 1. The lowest BCUT2D eigenvalue weighted by molar-refractivity contribution is -0.142. The summed E-state index contributed by atoms with van der Waals surface area (Å²) in [5.41, 5.74) is 1.18. The highest BCUT2D eigenvalue weighted by atomic mass is 16.5. The third-order valence-electron chi connectivity index (χ3n) is 3.12. The number of hydrogen-bond acceptors (Lipinski definition) is 3. The Kier molecular flexibility index (Phi) is 5.65. The zero-order valence-electron chi connectivity index (χ0n) is 11.2. The van der Waals surface area contributed by atoms with Crippen LogP contribution in [0.15, 0.2) is 24.3 Å². The van der Waals surface area contributed by atoms with Crippen molar-refractivity contribution in [3.8, 4) is 5.75 Å². The average molecular weight is 251 g/mol. The van der Waals surface area contributed by atoms with Crippen molar-refractivity contribution in [2.24, 2.45) is 0 Å². The lowest BCUT2D eigenvalue weighted by Crippen LogP contribution is -2.39. The zero-order chi connectivity index (χ0) is 13.5. The van der Waals surface area contributed by atoms with Crippen LogP contribution in [0, 0.1) is 0 Å². The van der Waals surface area contributed by atoms with Gasteiger partial charge >= 0.3 is 5.97 Å². The highest BCUT2D eigenvalue weighted by Gasteiger charge is 2.19. The van der Waals surface area contributed by atoms with Crippen molar-refractivity contribution in [2.45, 2.75) is 25.8 Å². The van der Waals surface area contributed by atoms with Gasteiger partial charge in [0.05, 0.1) is 7.11 Å². The topological polar surface area (TPSA) is 49.8 Å². The quantitative estimate of drug-likeness (QED) is 0.805. The van der Waals surface area contributed by atoms with E-state index in [2.05, 4.69) is 0 Å². The number of rotatable bonds is 7. The van der Waals surface area contributed by atoms with Crippen molar-refractivity contribution in [2.75, 3.05) is 20.7 Å². The fraction of sp³-hybridized carbons (Fsp3) is 0.500. The van der Waals surface area contributed by atoms with Gasteiger partial charge in [-0.25, -0.2) is 0 Å². The molecule has 0 aromatic heterocycles. The number of carboxylic acids is 1. The standard InChI is InChI=1S/C14H21NO3/c1-4-13(14(16)17)15(2)10-9-11-5-7-12(18-3)8-6-11/h5-8,13H,4,9-10H2,1-3H3,(H,16,17). The number of aliphatic carboxylic acids is 1. The number of carbonyl (C=O) groups is 1. The molecule has 0 radical (unpaired) electrons. The van der Waals surface area contributed by atoms with Crippen LogP contribution in [0.5, 0.6) is 5.75 Å². The van der Waals surface area contributed by atoms with Crippen LogP contribution in [-0.4, -0.2) is 42.7 Å². The maximum atomic E-state index is 11.0. The van der Waals surface area contributed by atoms with E-state index < -0.39 is 12.0 Å². The molecule has 0 aliphatic rings. The molecule has 1 unspecified atom stereocenters. The van der Waals surface area contributed by atoms with Gasteiger partial charge in [0, 0.05) is 6.54 Å². The number of methoxy groups -OCH3 is 1. The molecule has 1 N–H and O–H groups in total. The molecule has 0 aliphatic carbocycles. The van der Waals surface area contributed by atoms with Gasteiger partial charge in [-0.1, -0.05) is 19.1 Å². The Morgan fingerprint density at radius 1 is 1.39 bits per heavy atom. The summed E-state index contributed by atoms with van der Waals surface area (Å²) in [6.07, 6.45) is 1.46. The van der Waals surface area contributed by atoms with Gasteiger partial charge in [0.2, 0.25) is 0 Å². The number of carboxylic acid groups (broad SMARTS) is 1. The highest BCUT2D eigenvalue weighted by molar-refractivity contribution is 5.73. The lowest BCUT2D eigenvalue weighted by atomic mass is 10.1. The Labute approximate surface area is 108 Å². The summed E-state index contributed by atoms with van der Waals surface area (Å²) in [6.45, 7) is 2.62. The van der Waals surface area contributed by atoms with Crippen LogP contribution in [0.25, 0.3) is 0 Å². The van der Waals surface area contributed by atoms with Crippen LogP contribution in [0.2, 0.25) is 0 Å². The SMILES string of the molecule is CCC(C(=O)O)N(C)CCc1ccc(OC)cc1. The van der Waals surface area contributed by atoms with Crippen LogP contribution in [0.1, 0.15) is 18.9 Å². The molecule has 0 saturated heterocycles. The summed E-state index contributed by atoms with van der Waals surface area (Å²) in [5, 5.41) is 9.05.